The zero-order chi connectivity index (χ0) is 20.8. The zero-order valence-electron chi connectivity index (χ0n) is 16.6. The van der Waals surface area contributed by atoms with Crippen LogP contribution >= 0.6 is 0 Å². The fourth-order valence-corrected chi connectivity index (χ4v) is 3.28. The van der Waals surface area contributed by atoms with Crippen LogP contribution in [-0.2, 0) is 4.74 Å². The summed E-state index contributed by atoms with van der Waals surface area (Å²) in [6.45, 7) is 3.49. The van der Waals surface area contributed by atoms with Crippen molar-refractivity contribution in [2.75, 3.05) is 55.5 Å². The molecule has 0 radical (unpaired) electrons. The van der Waals surface area contributed by atoms with E-state index in [2.05, 4.69) is 32.3 Å². The van der Waals surface area contributed by atoms with Crippen molar-refractivity contribution in [2.45, 2.75) is 0 Å². The predicted molar refractivity (Wildman–Crippen MR) is 117 cm³/mol. The number of aromatic nitrogens is 2. The van der Waals surface area contributed by atoms with Crippen molar-refractivity contribution in [3.63, 3.8) is 0 Å². The molecule has 1 fully saturated rings. The highest BCUT2D eigenvalue weighted by molar-refractivity contribution is 5.69. The van der Waals surface area contributed by atoms with Crippen molar-refractivity contribution in [1.82, 2.24) is 9.97 Å². The number of nitrogen functional groups attached to an aromatic ring is 1. The molecule has 0 bridgehead atoms. The topological polar surface area (TPSA) is 106 Å². The molecule has 0 saturated carbocycles. The number of anilines is 4. The molecule has 3 aromatic rings. The second kappa shape index (κ2) is 9.43. The van der Waals surface area contributed by atoms with Gasteiger partial charge in [-0.25, -0.2) is 9.97 Å². The summed E-state index contributed by atoms with van der Waals surface area (Å²) in [7, 11) is 0. The van der Waals surface area contributed by atoms with Gasteiger partial charge in [0.2, 0.25) is 5.95 Å². The van der Waals surface area contributed by atoms with E-state index in [-0.39, 0.29) is 13.2 Å². The summed E-state index contributed by atoms with van der Waals surface area (Å²) in [5.41, 5.74) is 10.3. The van der Waals surface area contributed by atoms with Gasteiger partial charge in [0.25, 0.3) is 0 Å². The molecule has 8 heteroatoms. The molecule has 8 nitrogen and oxygen atoms in total. The summed E-state index contributed by atoms with van der Waals surface area (Å²) in [5, 5.41) is 12.1. The van der Waals surface area contributed by atoms with Gasteiger partial charge in [0.15, 0.2) is 0 Å². The summed E-state index contributed by atoms with van der Waals surface area (Å²) < 4.78 is 10.8. The van der Waals surface area contributed by atoms with Crippen LogP contribution < -0.4 is 20.7 Å². The molecule has 0 amide bonds. The van der Waals surface area contributed by atoms with Crippen LogP contribution in [0.15, 0.2) is 54.7 Å². The number of rotatable bonds is 7. The standard InChI is InChI=1S/C22H25N5O3/c23-19-15-16(1-6-21(19)30-14-11-28)20-7-8-24-22(26-20)25-17-2-4-18(5-3-17)27-9-12-29-13-10-27/h1-8,15,28H,9-14,23H2,(H,24,25,26). The third-order valence-electron chi connectivity index (χ3n) is 4.81. The fraction of sp³-hybridized carbons (Fsp3) is 0.273. The minimum atomic E-state index is -0.0600. The number of nitrogens with zero attached hydrogens (tertiary/aromatic N) is 3. The van der Waals surface area contributed by atoms with E-state index in [0.717, 1.165) is 43.2 Å². The van der Waals surface area contributed by atoms with Gasteiger partial charge in [0, 0.05) is 36.2 Å². The molecule has 4 N–H and O–H groups in total. The number of aliphatic hydroxyl groups is 1. The molecule has 1 aliphatic rings. The highest BCUT2D eigenvalue weighted by Gasteiger charge is 2.11. The van der Waals surface area contributed by atoms with Gasteiger partial charge < -0.3 is 30.5 Å². The maximum Gasteiger partial charge on any atom is 0.227 e. The summed E-state index contributed by atoms with van der Waals surface area (Å²) in [4.78, 5) is 11.2. The second-order valence-corrected chi connectivity index (χ2v) is 6.86. The highest BCUT2D eigenvalue weighted by atomic mass is 16.5. The average Bonchev–Trinajstić information content (AvgIpc) is 2.79. The van der Waals surface area contributed by atoms with Gasteiger partial charge in [-0.2, -0.15) is 0 Å². The highest BCUT2D eigenvalue weighted by Crippen LogP contribution is 2.28. The van der Waals surface area contributed by atoms with E-state index < -0.39 is 0 Å². The minimum absolute atomic E-state index is 0.0600. The molecule has 1 aliphatic heterocycles. The SMILES string of the molecule is Nc1cc(-c2ccnc(Nc3ccc(N4CCOCC4)cc3)n2)ccc1OCCO. The number of aliphatic hydroxyl groups excluding tert-OH is 1. The molecule has 0 unspecified atom stereocenters. The van der Waals surface area contributed by atoms with Crippen LogP contribution in [0.2, 0.25) is 0 Å². The second-order valence-electron chi connectivity index (χ2n) is 6.86. The third kappa shape index (κ3) is 4.79. The fourth-order valence-electron chi connectivity index (χ4n) is 3.28. The summed E-state index contributed by atoms with van der Waals surface area (Å²) in [6.07, 6.45) is 1.71. The Morgan fingerprint density at radius 3 is 2.63 bits per heavy atom. The van der Waals surface area contributed by atoms with Crippen molar-refractivity contribution in [3.8, 4) is 17.0 Å². The van der Waals surface area contributed by atoms with Crippen molar-refractivity contribution in [2.24, 2.45) is 0 Å². The third-order valence-corrected chi connectivity index (χ3v) is 4.81. The van der Waals surface area contributed by atoms with Crippen molar-refractivity contribution < 1.29 is 14.6 Å². The first-order chi connectivity index (χ1) is 14.7. The van der Waals surface area contributed by atoms with Crippen molar-refractivity contribution in [1.29, 1.82) is 0 Å². The molecule has 4 rings (SSSR count). The molecular weight excluding hydrogens is 382 g/mol. The Morgan fingerprint density at radius 2 is 1.90 bits per heavy atom. The van der Waals surface area contributed by atoms with E-state index in [0.29, 0.717) is 17.4 Å². The summed E-state index contributed by atoms with van der Waals surface area (Å²) >= 11 is 0. The number of nitrogens with two attached hydrogens (primary N) is 1. The first-order valence-corrected chi connectivity index (χ1v) is 9.89. The number of nitrogens with one attached hydrogen (secondary N) is 1. The lowest BCUT2D eigenvalue weighted by Crippen LogP contribution is -2.36. The van der Waals surface area contributed by atoms with E-state index in [9.17, 15) is 0 Å². The van der Waals surface area contributed by atoms with E-state index in [1.165, 1.54) is 5.69 Å². The maximum absolute atomic E-state index is 8.89. The maximum atomic E-state index is 8.89. The van der Waals surface area contributed by atoms with Crippen LogP contribution in [0.25, 0.3) is 11.3 Å². The molecule has 30 heavy (non-hydrogen) atoms. The largest absolute Gasteiger partial charge is 0.489 e. The van der Waals surface area contributed by atoms with E-state index in [4.69, 9.17) is 20.3 Å². The number of morpholine rings is 1. The average molecular weight is 407 g/mol. The molecule has 0 spiro atoms. The molecule has 0 atom stereocenters. The lowest BCUT2D eigenvalue weighted by Gasteiger charge is -2.28. The Hall–Kier alpha value is -3.36. The molecule has 0 aliphatic carbocycles. The van der Waals surface area contributed by atoms with E-state index in [1.807, 2.05) is 24.3 Å². The van der Waals surface area contributed by atoms with Crippen LogP contribution in [-0.4, -0.2) is 54.6 Å². The molecule has 2 aromatic carbocycles. The lowest BCUT2D eigenvalue weighted by molar-refractivity contribution is 0.122. The van der Waals surface area contributed by atoms with Crippen LogP contribution in [0, 0.1) is 0 Å². The van der Waals surface area contributed by atoms with Gasteiger partial charge in [-0.15, -0.1) is 0 Å². The minimum Gasteiger partial charge on any atom is -0.489 e. The first-order valence-electron chi connectivity index (χ1n) is 9.89. The van der Waals surface area contributed by atoms with Gasteiger partial charge in [-0.3, -0.25) is 0 Å². The molecular formula is C22H25N5O3. The number of hydrogen-bond donors (Lipinski definition) is 3. The van der Waals surface area contributed by atoms with Gasteiger partial charge >= 0.3 is 0 Å². The zero-order valence-corrected chi connectivity index (χ0v) is 16.6. The van der Waals surface area contributed by atoms with Gasteiger partial charge in [0.05, 0.1) is 31.2 Å². The van der Waals surface area contributed by atoms with Gasteiger partial charge in [-0.1, -0.05) is 0 Å². The van der Waals surface area contributed by atoms with Crippen molar-refractivity contribution in [3.05, 3.63) is 54.7 Å². The Balaban J connectivity index is 1.46. The molecule has 1 saturated heterocycles. The lowest BCUT2D eigenvalue weighted by atomic mass is 10.1. The normalized spacial score (nSPS) is 13.8. The van der Waals surface area contributed by atoms with E-state index in [1.54, 1.807) is 18.3 Å². The summed E-state index contributed by atoms with van der Waals surface area (Å²) in [5.74, 6) is 1.05. The first kappa shape index (κ1) is 19.9. The van der Waals surface area contributed by atoms with Crippen LogP contribution in [0.5, 0.6) is 5.75 Å². The Bertz CT molecular complexity index is 975. The smallest absolute Gasteiger partial charge is 0.227 e. The van der Waals surface area contributed by atoms with E-state index >= 15 is 0 Å². The van der Waals surface area contributed by atoms with Crippen molar-refractivity contribution >= 4 is 23.0 Å². The summed E-state index contributed by atoms with van der Waals surface area (Å²) in [6, 6.07) is 15.5. The van der Waals surface area contributed by atoms with Gasteiger partial charge in [-0.05, 0) is 48.5 Å². The Morgan fingerprint density at radius 1 is 1.10 bits per heavy atom. The quantitative estimate of drug-likeness (QED) is 0.514. The Labute approximate surface area is 175 Å². The van der Waals surface area contributed by atoms with Crippen LogP contribution in [0.3, 0.4) is 0 Å². The number of ether oxygens (including phenoxy) is 2. The van der Waals surface area contributed by atoms with Crippen LogP contribution in [0.4, 0.5) is 23.0 Å². The monoisotopic (exact) mass is 407 g/mol. The van der Waals surface area contributed by atoms with Gasteiger partial charge in [0.1, 0.15) is 12.4 Å². The number of benzene rings is 2. The predicted octanol–water partition coefficient (Wildman–Crippen LogP) is 2.68. The number of hydrogen-bond acceptors (Lipinski definition) is 8. The van der Waals surface area contributed by atoms with Crippen LogP contribution in [0.1, 0.15) is 0 Å². The Kier molecular flexibility index (Phi) is 6.26. The molecule has 2 heterocycles. The molecule has 156 valence electrons. The molecule has 1 aromatic heterocycles.